The quantitative estimate of drug-likeness (QED) is 0.152. The fraction of sp³-hybridized carbons (Fsp3) is 0.800. The summed E-state index contributed by atoms with van der Waals surface area (Å²) in [7, 11) is 0. The van der Waals surface area contributed by atoms with Crippen molar-refractivity contribution in [3.63, 3.8) is 0 Å². The molecular weight excluding hydrogens is 360 g/mol. The van der Waals surface area contributed by atoms with Gasteiger partial charge in [0.05, 0.1) is 0 Å². The molecule has 9 N–H and O–H groups in total. The van der Waals surface area contributed by atoms with Crippen LogP contribution in [-0.4, -0.2) is 76.9 Å². The Bertz CT molecular complexity index is 400. The molecule has 0 aromatic heterocycles. The van der Waals surface area contributed by atoms with E-state index < -0.39 is 24.4 Å². The van der Waals surface area contributed by atoms with Crippen molar-refractivity contribution in [1.82, 2.24) is 16.0 Å². The van der Waals surface area contributed by atoms with Gasteiger partial charge in [0, 0.05) is 19.6 Å². The molecule has 0 atom stereocenters. The first-order valence-electron chi connectivity index (χ1n) is 8.89. The standard InChI is InChI=1S/C15H32N6O6/c16-4-1-7-19-13(22)25-10-12(27-15(24)21-9-3-6-18)11-26-14(23)20-8-2-5-17/h12H,1-11,16-18H2,(H,19,22)(H,20,23)(H,21,24). The minimum atomic E-state index is -0.969. The molecule has 0 aromatic carbocycles. The molecular formula is C15H32N6O6. The van der Waals surface area contributed by atoms with Crippen LogP contribution in [-0.2, 0) is 14.2 Å². The van der Waals surface area contributed by atoms with E-state index in [1.165, 1.54) is 0 Å². The fourth-order valence-corrected chi connectivity index (χ4v) is 1.63. The maximum absolute atomic E-state index is 11.7. The maximum atomic E-state index is 11.7. The molecule has 0 aliphatic rings. The second-order valence-electron chi connectivity index (χ2n) is 5.43. The normalized spacial score (nSPS) is 10.2. The molecule has 0 aliphatic heterocycles. The number of hydrogen-bond acceptors (Lipinski definition) is 9. The SMILES string of the molecule is NCCCNC(=O)OCC(COC(=O)NCCCN)OC(=O)NCCCN. The van der Waals surface area contributed by atoms with Gasteiger partial charge in [0.25, 0.3) is 0 Å². The summed E-state index contributed by atoms with van der Waals surface area (Å²) in [6, 6.07) is 0. The number of carbonyl (C=O) groups excluding carboxylic acids is 3. The Balaban J connectivity index is 4.36. The number of alkyl carbamates (subject to hydrolysis) is 3. The van der Waals surface area contributed by atoms with Crippen LogP contribution in [0.3, 0.4) is 0 Å². The van der Waals surface area contributed by atoms with E-state index >= 15 is 0 Å². The number of carbonyl (C=O) groups is 3. The summed E-state index contributed by atoms with van der Waals surface area (Å²) in [6.07, 6.45) is -1.29. The molecule has 27 heavy (non-hydrogen) atoms. The molecule has 12 heteroatoms. The Morgan fingerprint density at radius 2 is 1.04 bits per heavy atom. The minimum absolute atomic E-state index is 0.283. The largest absolute Gasteiger partial charge is 0.445 e. The zero-order valence-electron chi connectivity index (χ0n) is 15.5. The van der Waals surface area contributed by atoms with E-state index in [9.17, 15) is 14.4 Å². The van der Waals surface area contributed by atoms with Crippen molar-refractivity contribution in [2.75, 3.05) is 52.5 Å². The van der Waals surface area contributed by atoms with Gasteiger partial charge in [-0.15, -0.1) is 0 Å². The monoisotopic (exact) mass is 392 g/mol. The highest BCUT2D eigenvalue weighted by Crippen LogP contribution is 1.98. The summed E-state index contributed by atoms with van der Waals surface area (Å²) < 4.78 is 15.0. The van der Waals surface area contributed by atoms with Gasteiger partial charge >= 0.3 is 18.3 Å². The van der Waals surface area contributed by atoms with Gasteiger partial charge in [-0.3, -0.25) is 0 Å². The lowest BCUT2D eigenvalue weighted by Gasteiger charge is -2.18. The van der Waals surface area contributed by atoms with E-state index in [1.54, 1.807) is 0 Å². The third-order valence-electron chi connectivity index (χ3n) is 3.03. The van der Waals surface area contributed by atoms with Crippen LogP contribution in [0.4, 0.5) is 14.4 Å². The molecule has 0 heterocycles. The predicted octanol–water partition coefficient (Wildman–Crippen LogP) is -1.42. The van der Waals surface area contributed by atoms with Crippen molar-refractivity contribution >= 4 is 18.3 Å². The first-order chi connectivity index (χ1) is 13.0. The predicted molar refractivity (Wildman–Crippen MR) is 98.0 cm³/mol. The Hall–Kier alpha value is -2.31. The zero-order chi connectivity index (χ0) is 20.3. The molecule has 0 rings (SSSR count). The van der Waals surface area contributed by atoms with E-state index in [0.29, 0.717) is 58.5 Å². The average molecular weight is 392 g/mol. The van der Waals surface area contributed by atoms with E-state index in [2.05, 4.69) is 16.0 Å². The van der Waals surface area contributed by atoms with Crippen molar-refractivity contribution in [1.29, 1.82) is 0 Å². The molecule has 0 unspecified atom stereocenters. The van der Waals surface area contributed by atoms with Gasteiger partial charge in [-0.25, -0.2) is 14.4 Å². The first kappa shape index (κ1) is 24.7. The maximum Gasteiger partial charge on any atom is 0.407 e. The molecule has 0 radical (unpaired) electrons. The molecule has 0 spiro atoms. The van der Waals surface area contributed by atoms with Crippen LogP contribution >= 0.6 is 0 Å². The van der Waals surface area contributed by atoms with Gasteiger partial charge in [0.15, 0.2) is 6.10 Å². The molecule has 12 nitrogen and oxygen atoms in total. The molecule has 0 saturated carbocycles. The number of ether oxygens (including phenoxy) is 3. The fourth-order valence-electron chi connectivity index (χ4n) is 1.63. The van der Waals surface area contributed by atoms with Crippen LogP contribution in [0.25, 0.3) is 0 Å². The lowest BCUT2D eigenvalue weighted by molar-refractivity contribution is 0.00742. The van der Waals surface area contributed by atoms with Crippen molar-refractivity contribution in [3.05, 3.63) is 0 Å². The summed E-state index contributed by atoms with van der Waals surface area (Å²) >= 11 is 0. The second kappa shape index (κ2) is 17.1. The number of amides is 3. The smallest absolute Gasteiger partial charge is 0.407 e. The van der Waals surface area contributed by atoms with Crippen molar-refractivity contribution in [2.45, 2.75) is 25.4 Å². The van der Waals surface area contributed by atoms with Gasteiger partial charge < -0.3 is 47.4 Å². The van der Waals surface area contributed by atoms with E-state index in [-0.39, 0.29) is 13.2 Å². The van der Waals surface area contributed by atoms with Crippen molar-refractivity contribution < 1.29 is 28.6 Å². The van der Waals surface area contributed by atoms with Crippen molar-refractivity contribution in [2.24, 2.45) is 17.2 Å². The Labute approximate surface area is 158 Å². The van der Waals surface area contributed by atoms with Gasteiger partial charge in [-0.05, 0) is 38.9 Å². The average Bonchev–Trinajstić information content (AvgIpc) is 2.64. The minimum Gasteiger partial charge on any atom is -0.445 e. The third kappa shape index (κ3) is 15.6. The van der Waals surface area contributed by atoms with Crippen LogP contribution in [0.5, 0.6) is 0 Å². The van der Waals surface area contributed by atoms with Gasteiger partial charge in [-0.1, -0.05) is 0 Å². The van der Waals surface area contributed by atoms with Gasteiger partial charge in [0.1, 0.15) is 13.2 Å². The Morgan fingerprint density at radius 1 is 0.667 bits per heavy atom. The number of nitrogens with one attached hydrogen (secondary N) is 3. The van der Waals surface area contributed by atoms with Crippen LogP contribution < -0.4 is 33.2 Å². The van der Waals surface area contributed by atoms with E-state index in [1.807, 2.05) is 0 Å². The van der Waals surface area contributed by atoms with Gasteiger partial charge in [-0.2, -0.15) is 0 Å². The van der Waals surface area contributed by atoms with Gasteiger partial charge in [0.2, 0.25) is 0 Å². The highest BCUT2D eigenvalue weighted by Gasteiger charge is 2.19. The molecule has 0 bridgehead atoms. The topological polar surface area (TPSA) is 193 Å². The molecule has 0 aliphatic carbocycles. The Kier molecular flexibility index (Phi) is 15.7. The lowest BCUT2D eigenvalue weighted by atomic mass is 10.4. The van der Waals surface area contributed by atoms with E-state index in [4.69, 9.17) is 31.4 Å². The zero-order valence-corrected chi connectivity index (χ0v) is 15.5. The summed E-state index contributed by atoms with van der Waals surface area (Å²) in [5.41, 5.74) is 16.0. The first-order valence-corrected chi connectivity index (χ1v) is 8.89. The highest BCUT2D eigenvalue weighted by atomic mass is 16.6. The summed E-state index contributed by atoms with van der Waals surface area (Å²) in [5.74, 6) is 0. The number of rotatable bonds is 14. The van der Waals surface area contributed by atoms with Crippen LogP contribution in [0.15, 0.2) is 0 Å². The van der Waals surface area contributed by atoms with E-state index in [0.717, 1.165) is 0 Å². The number of hydrogen-bond donors (Lipinski definition) is 6. The summed E-state index contributed by atoms with van der Waals surface area (Å²) in [5, 5.41) is 7.47. The molecule has 0 aromatic rings. The Morgan fingerprint density at radius 3 is 1.41 bits per heavy atom. The molecule has 3 amide bonds. The van der Waals surface area contributed by atoms with Crippen LogP contribution in [0, 0.1) is 0 Å². The summed E-state index contributed by atoms with van der Waals surface area (Å²) in [4.78, 5) is 34.8. The molecule has 0 fully saturated rings. The van der Waals surface area contributed by atoms with Crippen molar-refractivity contribution in [3.8, 4) is 0 Å². The molecule has 0 saturated heterocycles. The molecule has 158 valence electrons. The second-order valence-corrected chi connectivity index (χ2v) is 5.43. The highest BCUT2D eigenvalue weighted by molar-refractivity contribution is 5.68. The third-order valence-corrected chi connectivity index (χ3v) is 3.03. The lowest BCUT2D eigenvalue weighted by Crippen LogP contribution is -2.38. The summed E-state index contributed by atoms with van der Waals surface area (Å²) in [6.45, 7) is 1.78. The van der Waals surface area contributed by atoms with Crippen LogP contribution in [0.2, 0.25) is 0 Å². The van der Waals surface area contributed by atoms with Crippen LogP contribution in [0.1, 0.15) is 19.3 Å². The number of nitrogens with two attached hydrogens (primary N) is 3.